The first kappa shape index (κ1) is 15.0. The van der Waals surface area contributed by atoms with Crippen molar-refractivity contribution in [1.29, 1.82) is 0 Å². The van der Waals surface area contributed by atoms with Gasteiger partial charge in [-0.15, -0.1) is 0 Å². The average Bonchev–Trinajstić information content (AvgIpc) is 2.97. The maximum atomic E-state index is 12.2. The Balaban J connectivity index is 1.48. The number of hydrogen-bond donors (Lipinski definition) is 1. The molecule has 2 aromatic rings. The minimum absolute atomic E-state index is 0.158. The van der Waals surface area contributed by atoms with Crippen LogP contribution in [0.3, 0.4) is 0 Å². The molecule has 2 heterocycles. The average molecular weight is 302 g/mol. The first-order valence-electron chi connectivity index (χ1n) is 7.94. The van der Waals surface area contributed by atoms with Crippen LogP contribution in [-0.4, -0.2) is 39.8 Å². The van der Waals surface area contributed by atoms with Crippen molar-refractivity contribution in [3.63, 3.8) is 0 Å². The number of nitrogens with zero attached hydrogens (tertiary/aromatic N) is 3. The molecule has 0 spiro atoms. The van der Waals surface area contributed by atoms with Gasteiger partial charge in [0, 0.05) is 18.9 Å². The van der Waals surface area contributed by atoms with E-state index in [2.05, 4.69) is 22.3 Å². The van der Waals surface area contributed by atoms with Gasteiger partial charge in [0.2, 0.25) is 0 Å². The summed E-state index contributed by atoms with van der Waals surface area (Å²) in [5.74, 6) is 0.460. The van der Waals surface area contributed by atoms with Crippen molar-refractivity contribution in [3.05, 3.63) is 30.2 Å². The largest absolute Gasteiger partial charge is 0.376 e. The van der Waals surface area contributed by atoms with Crippen LogP contribution in [0, 0.1) is 5.92 Å². The summed E-state index contributed by atoms with van der Waals surface area (Å²) < 4.78 is 7.49. The van der Waals surface area contributed by atoms with Crippen molar-refractivity contribution in [3.8, 4) is 0 Å². The van der Waals surface area contributed by atoms with Gasteiger partial charge in [0.25, 0.3) is 5.91 Å². The first-order chi connectivity index (χ1) is 10.8. The van der Waals surface area contributed by atoms with Crippen LogP contribution >= 0.6 is 0 Å². The molecule has 0 bridgehead atoms. The molecule has 118 valence electrons. The fourth-order valence-corrected chi connectivity index (χ4v) is 2.99. The predicted octanol–water partition coefficient (Wildman–Crippen LogP) is 2.05. The molecule has 1 fully saturated rings. The lowest BCUT2D eigenvalue weighted by Crippen LogP contribution is -2.31. The van der Waals surface area contributed by atoms with Gasteiger partial charge in [0.15, 0.2) is 5.65 Å². The third-order valence-electron chi connectivity index (χ3n) is 4.28. The second kappa shape index (κ2) is 6.87. The summed E-state index contributed by atoms with van der Waals surface area (Å²) in [6, 6.07) is 1.78. The lowest BCUT2D eigenvalue weighted by Gasteiger charge is -2.28. The number of carbonyl (C=O) groups excluding carboxylic acids is 1. The van der Waals surface area contributed by atoms with Crippen LogP contribution in [0.4, 0.5) is 0 Å². The van der Waals surface area contributed by atoms with Crippen LogP contribution in [0.2, 0.25) is 0 Å². The number of nitrogens with one attached hydrogen (secondary N) is 1. The molecule has 1 saturated carbocycles. The van der Waals surface area contributed by atoms with Crippen LogP contribution in [0.5, 0.6) is 0 Å². The van der Waals surface area contributed by atoms with E-state index in [4.69, 9.17) is 4.74 Å². The number of amides is 1. The Kier molecular flexibility index (Phi) is 4.68. The molecule has 3 rings (SSSR count). The minimum atomic E-state index is -0.158. The molecule has 1 aliphatic carbocycles. The quantitative estimate of drug-likeness (QED) is 0.858. The molecule has 0 aromatic carbocycles. The van der Waals surface area contributed by atoms with Gasteiger partial charge in [0.1, 0.15) is 5.56 Å². The monoisotopic (exact) mass is 302 g/mol. The number of fused-ring (bicyclic) bond motifs is 1. The SMILES string of the molecule is C[C@@H]1CCCC[C@H]1OCCNC(=O)c1cnn2cccnc12. The molecule has 6 nitrogen and oxygen atoms in total. The third kappa shape index (κ3) is 3.27. The Morgan fingerprint density at radius 3 is 3.18 bits per heavy atom. The summed E-state index contributed by atoms with van der Waals surface area (Å²) in [7, 11) is 0. The molecule has 1 aliphatic rings. The van der Waals surface area contributed by atoms with E-state index in [-0.39, 0.29) is 5.91 Å². The van der Waals surface area contributed by atoms with E-state index in [1.807, 2.05) is 0 Å². The molecule has 1 N–H and O–H groups in total. The molecular formula is C16H22N4O2. The summed E-state index contributed by atoms with van der Waals surface area (Å²) in [6.45, 7) is 3.30. The summed E-state index contributed by atoms with van der Waals surface area (Å²) >= 11 is 0. The van der Waals surface area contributed by atoms with Crippen molar-refractivity contribution in [2.24, 2.45) is 5.92 Å². The topological polar surface area (TPSA) is 68.5 Å². The third-order valence-corrected chi connectivity index (χ3v) is 4.28. The Morgan fingerprint density at radius 2 is 2.32 bits per heavy atom. The maximum absolute atomic E-state index is 12.2. The number of aromatic nitrogens is 3. The van der Waals surface area contributed by atoms with Crippen molar-refractivity contribution in [2.45, 2.75) is 38.7 Å². The molecule has 0 unspecified atom stereocenters. The van der Waals surface area contributed by atoms with Gasteiger partial charge in [0.05, 0.1) is 18.9 Å². The molecule has 0 aliphatic heterocycles. The van der Waals surface area contributed by atoms with Crippen molar-refractivity contribution in [2.75, 3.05) is 13.2 Å². The van der Waals surface area contributed by atoms with Crippen LogP contribution in [0.25, 0.3) is 5.65 Å². The van der Waals surface area contributed by atoms with Crippen molar-refractivity contribution >= 4 is 11.6 Å². The standard InChI is InChI=1S/C16H22N4O2/c1-12-5-2-3-6-14(12)22-10-8-18-16(21)13-11-19-20-9-4-7-17-15(13)20/h4,7,9,11-12,14H,2-3,5-6,8,10H2,1H3,(H,18,21)/t12-,14-/m1/s1. The fraction of sp³-hybridized carbons (Fsp3) is 0.562. The van der Waals surface area contributed by atoms with E-state index >= 15 is 0 Å². The Hall–Kier alpha value is -1.95. The van der Waals surface area contributed by atoms with Gasteiger partial charge >= 0.3 is 0 Å². The smallest absolute Gasteiger partial charge is 0.256 e. The zero-order valence-electron chi connectivity index (χ0n) is 12.9. The first-order valence-corrected chi connectivity index (χ1v) is 7.94. The molecule has 0 saturated heterocycles. The van der Waals surface area contributed by atoms with Crippen LogP contribution in [0.1, 0.15) is 43.0 Å². The molecule has 0 radical (unpaired) electrons. The molecule has 6 heteroatoms. The Labute approximate surface area is 129 Å². The highest BCUT2D eigenvalue weighted by molar-refractivity contribution is 5.99. The number of carbonyl (C=O) groups is 1. The highest BCUT2D eigenvalue weighted by Gasteiger charge is 2.21. The van der Waals surface area contributed by atoms with E-state index in [0.29, 0.717) is 36.4 Å². The van der Waals surface area contributed by atoms with Gasteiger partial charge < -0.3 is 10.1 Å². The van der Waals surface area contributed by atoms with Crippen molar-refractivity contribution < 1.29 is 9.53 Å². The molecule has 22 heavy (non-hydrogen) atoms. The second-order valence-corrected chi connectivity index (χ2v) is 5.87. The lowest BCUT2D eigenvalue weighted by atomic mass is 9.88. The van der Waals surface area contributed by atoms with E-state index in [9.17, 15) is 4.79 Å². The number of hydrogen-bond acceptors (Lipinski definition) is 4. The fourth-order valence-electron chi connectivity index (χ4n) is 2.99. The van der Waals surface area contributed by atoms with Crippen LogP contribution in [-0.2, 0) is 4.74 Å². The lowest BCUT2D eigenvalue weighted by molar-refractivity contribution is -0.00293. The van der Waals surface area contributed by atoms with Gasteiger partial charge in [-0.3, -0.25) is 4.79 Å². The van der Waals surface area contributed by atoms with Gasteiger partial charge in [-0.25, -0.2) is 9.50 Å². The van der Waals surface area contributed by atoms with Gasteiger partial charge in [-0.2, -0.15) is 5.10 Å². The zero-order valence-corrected chi connectivity index (χ0v) is 12.9. The molecule has 2 aromatic heterocycles. The maximum Gasteiger partial charge on any atom is 0.256 e. The normalized spacial score (nSPS) is 21.9. The van der Waals surface area contributed by atoms with E-state index in [0.717, 1.165) is 6.42 Å². The van der Waals surface area contributed by atoms with Crippen molar-refractivity contribution in [1.82, 2.24) is 19.9 Å². The van der Waals surface area contributed by atoms with Crippen LogP contribution in [0.15, 0.2) is 24.7 Å². The highest BCUT2D eigenvalue weighted by atomic mass is 16.5. The molecule has 2 atom stereocenters. The zero-order chi connectivity index (χ0) is 15.4. The molecular weight excluding hydrogens is 280 g/mol. The Bertz CT molecular complexity index is 640. The van der Waals surface area contributed by atoms with Gasteiger partial charge in [-0.1, -0.05) is 19.8 Å². The summed E-state index contributed by atoms with van der Waals surface area (Å²) in [5.41, 5.74) is 1.06. The minimum Gasteiger partial charge on any atom is -0.376 e. The summed E-state index contributed by atoms with van der Waals surface area (Å²) in [6.07, 6.45) is 10.2. The van der Waals surface area contributed by atoms with E-state index in [1.165, 1.54) is 19.3 Å². The number of ether oxygens (including phenoxy) is 1. The second-order valence-electron chi connectivity index (χ2n) is 5.87. The van der Waals surface area contributed by atoms with Gasteiger partial charge in [-0.05, 0) is 24.8 Å². The highest BCUT2D eigenvalue weighted by Crippen LogP contribution is 2.25. The summed E-state index contributed by atoms with van der Waals surface area (Å²) in [5, 5.41) is 6.99. The Morgan fingerprint density at radius 1 is 1.45 bits per heavy atom. The van der Waals surface area contributed by atoms with E-state index < -0.39 is 0 Å². The van der Waals surface area contributed by atoms with E-state index in [1.54, 1.807) is 29.2 Å². The number of rotatable bonds is 5. The summed E-state index contributed by atoms with van der Waals surface area (Å²) in [4.78, 5) is 16.4. The van der Waals surface area contributed by atoms with Crippen LogP contribution < -0.4 is 5.32 Å². The predicted molar refractivity (Wildman–Crippen MR) is 82.7 cm³/mol. The molecule has 1 amide bonds.